The van der Waals surface area contributed by atoms with E-state index in [0.717, 1.165) is 11.1 Å². The predicted molar refractivity (Wildman–Crippen MR) is 118 cm³/mol. The van der Waals surface area contributed by atoms with Gasteiger partial charge in [-0.25, -0.2) is 4.99 Å². The van der Waals surface area contributed by atoms with Crippen molar-refractivity contribution in [1.82, 2.24) is 4.98 Å². The van der Waals surface area contributed by atoms with Gasteiger partial charge in [0.05, 0.1) is 29.1 Å². The number of hydrogen-bond donors (Lipinski definition) is 1. The van der Waals surface area contributed by atoms with Crippen LogP contribution in [0.5, 0.6) is 0 Å². The monoisotopic (exact) mass is 395 g/mol. The molecule has 5 heteroatoms. The number of hydrogen-bond acceptors (Lipinski definition) is 4. The Kier molecular flexibility index (Phi) is 5.58. The van der Waals surface area contributed by atoms with Crippen molar-refractivity contribution in [3.05, 3.63) is 94.3 Å². The molecule has 0 radical (unpaired) electrons. The van der Waals surface area contributed by atoms with Gasteiger partial charge < -0.3 is 10.1 Å². The number of rotatable bonds is 3. The molecular formula is C25H21N3O2. The van der Waals surface area contributed by atoms with E-state index in [4.69, 9.17) is 4.74 Å². The molecule has 1 aromatic heterocycles. The summed E-state index contributed by atoms with van der Waals surface area (Å²) in [6.07, 6.45) is 1.67. The maximum Gasteiger partial charge on any atom is 0.258 e. The summed E-state index contributed by atoms with van der Waals surface area (Å²) in [5, 5.41) is 2.98. The van der Waals surface area contributed by atoms with Gasteiger partial charge in [0.25, 0.3) is 5.91 Å². The molecule has 1 aliphatic rings. The van der Waals surface area contributed by atoms with E-state index in [1.54, 1.807) is 12.3 Å². The van der Waals surface area contributed by atoms with E-state index in [2.05, 4.69) is 27.1 Å². The Balaban J connectivity index is 1.65. The average molecular weight is 395 g/mol. The first kappa shape index (κ1) is 19.4. The Morgan fingerprint density at radius 3 is 2.60 bits per heavy atom. The molecule has 3 aromatic rings. The molecule has 1 amide bonds. The molecular weight excluding hydrogens is 374 g/mol. The molecule has 0 saturated heterocycles. The molecule has 5 nitrogen and oxygen atoms in total. The number of aryl methyl sites for hydroxylation is 2. The number of aromatic nitrogens is 1. The van der Waals surface area contributed by atoms with Gasteiger partial charge in [-0.15, -0.1) is 0 Å². The molecule has 0 saturated carbocycles. The number of carbonyl (C=O) groups excluding carboxylic acids is 1. The highest BCUT2D eigenvalue weighted by molar-refractivity contribution is 6.10. The summed E-state index contributed by atoms with van der Waals surface area (Å²) in [6, 6.07) is 17.2. The minimum absolute atomic E-state index is 0.264. The topological polar surface area (TPSA) is 63.6 Å². The molecule has 0 atom stereocenters. The summed E-state index contributed by atoms with van der Waals surface area (Å²) in [5.41, 5.74) is 5.18. The molecule has 2 aromatic carbocycles. The normalized spacial score (nSPS) is 12.4. The first-order chi connectivity index (χ1) is 14.6. The highest BCUT2D eigenvalue weighted by Crippen LogP contribution is 2.21. The number of para-hydroxylation sites is 1. The molecule has 148 valence electrons. The highest BCUT2D eigenvalue weighted by atomic mass is 16.5. The fourth-order valence-corrected chi connectivity index (χ4v) is 3.20. The fraction of sp³-hybridized carbons (Fsp3) is 0.160. The lowest BCUT2D eigenvalue weighted by Crippen LogP contribution is -2.18. The molecule has 30 heavy (non-hydrogen) atoms. The summed E-state index contributed by atoms with van der Waals surface area (Å²) >= 11 is 0. The van der Waals surface area contributed by atoms with Crippen LogP contribution in [0, 0.1) is 25.7 Å². The minimum atomic E-state index is -0.264. The third kappa shape index (κ3) is 4.23. The van der Waals surface area contributed by atoms with Crippen molar-refractivity contribution >= 4 is 17.5 Å². The van der Waals surface area contributed by atoms with Gasteiger partial charge >= 0.3 is 0 Å². The van der Waals surface area contributed by atoms with Gasteiger partial charge in [-0.3, -0.25) is 9.78 Å². The van der Waals surface area contributed by atoms with Gasteiger partial charge in [-0.1, -0.05) is 41.7 Å². The Morgan fingerprint density at radius 2 is 1.83 bits per heavy atom. The Morgan fingerprint density at radius 1 is 1.03 bits per heavy atom. The molecule has 0 fully saturated rings. The largest absolute Gasteiger partial charge is 0.475 e. The average Bonchev–Trinajstić information content (AvgIpc) is 3.28. The van der Waals surface area contributed by atoms with E-state index >= 15 is 0 Å². The van der Waals surface area contributed by atoms with Gasteiger partial charge in [-0.05, 0) is 44.2 Å². The lowest BCUT2D eigenvalue weighted by Gasteiger charge is -2.12. The third-order valence-corrected chi connectivity index (χ3v) is 4.75. The summed E-state index contributed by atoms with van der Waals surface area (Å²) in [4.78, 5) is 21.8. The van der Waals surface area contributed by atoms with Crippen LogP contribution in [0.4, 0.5) is 5.69 Å². The summed E-state index contributed by atoms with van der Waals surface area (Å²) in [5.74, 6) is 6.55. The number of pyridine rings is 1. The summed E-state index contributed by atoms with van der Waals surface area (Å²) in [6.45, 7) is 5.02. The zero-order valence-corrected chi connectivity index (χ0v) is 16.9. The van der Waals surface area contributed by atoms with Crippen molar-refractivity contribution < 1.29 is 9.53 Å². The van der Waals surface area contributed by atoms with Crippen LogP contribution in [-0.4, -0.2) is 29.9 Å². The van der Waals surface area contributed by atoms with Crippen molar-refractivity contribution in [2.24, 2.45) is 4.99 Å². The molecule has 1 N–H and O–H groups in total. The number of nitrogens with zero attached hydrogens (tertiary/aromatic N) is 2. The van der Waals surface area contributed by atoms with Crippen LogP contribution in [0.3, 0.4) is 0 Å². The maximum atomic E-state index is 13.2. The van der Waals surface area contributed by atoms with Gasteiger partial charge in [0, 0.05) is 17.3 Å². The number of ether oxygens (including phenoxy) is 1. The van der Waals surface area contributed by atoms with E-state index in [1.807, 2.05) is 62.4 Å². The second-order valence-electron chi connectivity index (χ2n) is 6.97. The van der Waals surface area contributed by atoms with Gasteiger partial charge in [0.2, 0.25) is 5.90 Å². The minimum Gasteiger partial charge on any atom is -0.475 e. The smallest absolute Gasteiger partial charge is 0.258 e. The number of amides is 1. The molecule has 0 aliphatic carbocycles. The SMILES string of the molecule is Cc1ccc(C#Cc2ccnc(C)c2C(=O)Nc2ccccc2C2=NCCO2)cc1. The van der Waals surface area contributed by atoms with Gasteiger partial charge in [0.15, 0.2) is 0 Å². The quantitative estimate of drug-likeness (QED) is 0.679. The fourth-order valence-electron chi connectivity index (χ4n) is 3.20. The first-order valence-electron chi connectivity index (χ1n) is 9.74. The van der Waals surface area contributed by atoms with Crippen molar-refractivity contribution in [1.29, 1.82) is 0 Å². The van der Waals surface area contributed by atoms with Crippen molar-refractivity contribution in [3.63, 3.8) is 0 Å². The molecule has 0 spiro atoms. The van der Waals surface area contributed by atoms with Gasteiger partial charge in [0.1, 0.15) is 6.61 Å². The Bertz CT molecular complexity index is 1190. The predicted octanol–water partition coefficient (Wildman–Crippen LogP) is 4.13. The molecule has 0 unspecified atom stereocenters. The van der Waals surface area contributed by atoms with Crippen molar-refractivity contribution in [3.8, 4) is 11.8 Å². The molecule has 1 aliphatic heterocycles. The van der Waals surface area contributed by atoms with Gasteiger partial charge in [-0.2, -0.15) is 0 Å². The molecule has 0 bridgehead atoms. The molecule has 2 heterocycles. The first-order valence-corrected chi connectivity index (χ1v) is 9.74. The van der Waals surface area contributed by atoms with Crippen LogP contribution in [0.15, 0.2) is 65.8 Å². The lowest BCUT2D eigenvalue weighted by molar-refractivity contribution is 0.102. The van der Waals surface area contributed by atoms with E-state index in [9.17, 15) is 4.79 Å². The van der Waals surface area contributed by atoms with E-state index in [1.165, 1.54) is 5.56 Å². The van der Waals surface area contributed by atoms with E-state index in [0.29, 0.717) is 41.6 Å². The van der Waals surface area contributed by atoms with Crippen molar-refractivity contribution in [2.75, 3.05) is 18.5 Å². The number of aliphatic imine (C=N–C) groups is 1. The Labute approximate surface area is 175 Å². The van der Waals surface area contributed by atoms with Crippen LogP contribution < -0.4 is 5.32 Å². The maximum absolute atomic E-state index is 13.2. The second kappa shape index (κ2) is 8.62. The zero-order chi connectivity index (χ0) is 20.9. The van der Waals surface area contributed by atoms with Crippen LogP contribution in [0.1, 0.15) is 38.3 Å². The number of carbonyl (C=O) groups is 1. The Hall–Kier alpha value is -3.91. The number of benzene rings is 2. The van der Waals surface area contributed by atoms with Crippen LogP contribution in [-0.2, 0) is 4.74 Å². The summed E-state index contributed by atoms with van der Waals surface area (Å²) < 4.78 is 5.57. The lowest BCUT2D eigenvalue weighted by atomic mass is 10.0. The summed E-state index contributed by atoms with van der Waals surface area (Å²) in [7, 11) is 0. The second-order valence-corrected chi connectivity index (χ2v) is 6.97. The van der Waals surface area contributed by atoms with E-state index in [-0.39, 0.29) is 5.91 Å². The standard InChI is InChI=1S/C25H21N3O2/c1-17-7-9-19(10-8-17)11-12-20-13-14-26-18(2)23(20)24(29)28-22-6-4-3-5-21(22)25-27-15-16-30-25/h3-10,13-14H,15-16H2,1-2H3,(H,28,29). The zero-order valence-electron chi connectivity index (χ0n) is 16.9. The van der Waals surface area contributed by atoms with E-state index < -0.39 is 0 Å². The highest BCUT2D eigenvalue weighted by Gasteiger charge is 2.19. The van der Waals surface area contributed by atoms with Crippen molar-refractivity contribution in [2.45, 2.75) is 13.8 Å². The van der Waals surface area contributed by atoms with Crippen LogP contribution in [0.25, 0.3) is 0 Å². The number of anilines is 1. The third-order valence-electron chi connectivity index (χ3n) is 4.75. The van der Waals surface area contributed by atoms with Crippen LogP contribution in [0.2, 0.25) is 0 Å². The molecule has 4 rings (SSSR count). The number of nitrogens with one attached hydrogen (secondary N) is 1. The van der Waals surface area contributed by atoms with Crippen LogP contribution >= 0.6 is 0 Å².